The molecule has 0 fully saturated rings. The third kappa shape index (κ3) is 2.26. The van der Waals surface area contributed by atoms with Crippen LogP contribution in [0.5, 0.6) is 0 Å². The van der Waals surface area contributed by atoms with Gasteiger partial charge in [-0.15, -0.1) is 11.3 Å². The predicted octanol–water partition coefficient (Wildman–Crippen LogP) is 3.91. The molecule has 18 heavy (non-hydrogen) atoms. The first kappa shape index (κ1) is 13.0. The molecule has 0 saturated carbocycles. The second-order valence-electron chi connectivity index (χ2n) is 3.76. The number of carboxylic acid groups (broad SMARTS) is 1. The SMILES string of the molecule is Cc1c(-c2cc(F)cc(Br)c2)sc(C(=O)O)c1N. The average Bonchev–Trinajstić information content (AvgIpc) is 2.55. The number of carbonyl (C=O) groups is 1. The van der Waals surface area contributed by atoms with Crippen LogP contribution in [0.2, 0.25) is 0 Å². The molecule has 94 valence electrons. The Balaban J connectivity index is 2.64. The topological polar surface area (TPSA) is 63.3 Å². The molecule has 0 unspecified atom stereocenters. The fourth-order valence-electron chi connectivity index (χ4n) is 1.65. The van der Waals surface area contributed by atoms with E-state index in [2.05, 4.69) is 15.9 Å². The molecule has 2 rings (SSSR count). The number of rotatable bonds is 2. The lowest BCUT2D eigenvalue weighted by Crippen LogP contribution is -1.97. The van der Waals surface area contributed by atoms with E-state index in [0.717, 1.165) is 11.3 Å². The Morgan fingerprint density at radius 2 is 2.11 bits per heavy atom. The fraction of sp³-hybridized carbons (Fsp3) is 0.0833. The molecule has 6 heteroatoms. The summed E-state index contributed by atoms with van der Waals surface area (Å²) in [4.78, 5) is 11.8. The number of aromatic carboxylic acids is 1. The van der Waals surface area contributed by atoms with Crippen LogP contribution in [0.25, 0.3) is 10.4 Å². The molecule has 2 aromatic rings. The van der Waals surface area contributed by atoms with Crippen molar-refractivity contribution in [2.24, 2.45) is 0 Å². The second kappa shape index (κ2) is 4.70. The first-order chi connectivity index (χ1) is 8.40. The van der Waals surface area contributed by atoms with Gasteiger partial charge in [-0.05, 0) is 36.2 Å². The molecule has 1 aromatic carbocycles. The summed E-state index contributed by atoms with van der Waals surface area (Å²) in [6.45, 7) is 1.73. The number of hydrogen-bond donors (Lipinski definition) is 2. The van der Waals surface area contributed by atoms with Crippen LogP contribution in [0.1, 0.15) is 15.2 Å². The highest BCUT2D eigenvalue weighted by Gasteiger charge is 2.19. The maximum absolute atomic E-state index is 13.3. The molecule has 0 bridgehead atoms. The van der Waals surface area contributed by atoms with Crippen LogP contribution in [0.15, 0.2) is 22.7 Å². The van der Waals surface area contributed by atoms with Gasteiger partial charge in [-0.2, -0.15) is 0 Å². The Kier molecular flexibility index (Phi) is 3.41. The average molecular weight is 330 g/mol. The van der Waals surface area contributed by atoms with E-state index in [4.69, 9.17) is 10.8 Å². The summed E-state index contributed by atoms with van der Waals surface area (Å²) >= 11 is 4.26. The Bertz CT molecular complexity index is 619. The number of halogens is 2. The summed E-state index contributed by atoms with van der Waals surface area (Å²) in [5.41, 5.74) is 7.26. The summed E-state index contributed by atoms with van der Waals surface area (Å²) in [6.07, 6.45) is 0. The van der Waals surface area contributed by atoms with Crippen molar-refractivity contribution in [1.82, 2.24) is 0 Å². The molecular weight excluding hydrogens is 321 g/mol. The Morgan fingerprint density at radius 1 is 1.44 bits per heavy atom. The molecule has 3 N–H and O–H groups in total. The van der Waals surface area contributed by atoms with Gasteiger partial charge in [0, 0.05) is 9.35 Å². The Hall–Kier alpha value is -1.40. The molecule has 0 atom stereocenters. The number of nitrogens with two attached hydrogens (primary N) is 1. The van der Waals surface area contributed by atoms with Crippen LogP contribution >= 0.6 is 27.3 Å². The van der Waals surface area contributed by atoms with Gasteiger partial charge in [0.1, 0.15) is 10.7 Å². The van der Waals surface area contributed by atoms with Gasteiger partial charge in [-0.3, -0.25) is 0 Å². The number of carboxylic acids is 1. The standard InChI is InChI=1S/C12H9BrFNO2S/c1-5-9(15)11(12(16)17)18-10(5)6-2-7(13)4-8(14)3-6/h2-4H,15H2,1H3,(H,16,17). The summed E-state index contributed by atoms with van der Waals surface area (Å²) < 4.78 is 13.9. The lowest BCUT2D eigenvalue weighted by Gasteiger charge is -2.01. The van der Waals surface area contributed by atoms with Gasteiger partial charge in [0.15, 0.2) is 0 Å². The molecule has 0 saturated heterocycles. The number of nitrogen functional groups attached to an aromatic ring is 1. The van der Waals surface area contributed by atoms with E-state index in [0.29, 0.717) is 20.5 Å². The van der Waals surface area contributed by atoms with Crippen molar-refractivity contribution < 1.29 is 14.3 Å². The van der Waals surface area contributed by atoms with Gasteiger partial charge < -0.3 is 10.8 Å². The van der Waals surface area contributed by atoms with Crippen LogP contribution in [-0.4, -0.2) is 11.1 Å². The van der Waals surface area contributed by atoms with E-state index in [1.807, 2.05) is 0 Å². The van der Waals surface area contributed by atoms with E-state index in [-0.39, 0.29) is 16.4 Å². The highest BCUT2D eigenvalue weighted by Crippen LogP contribution is 2.39. The summed E-state index contributed by atoms with van der Waals surface area (Å²) in [7, 11) is 0. The maximum Gasteiger partial charge on any atom is 0.348 e. The van der Waals surface area contributed by atoms with Crippen LogP contribution in [0, 0.1) is 12.7 Å². The molecule has 1 heterocycles. The lowest BCUT2D eigenvalue weighted by molar-refractivity contribution is 0.0703. The van der Waals surface area contributed by atoms with E-state index in [9.17, 15) is 9.18 Å². The largest absolute Gasteiger partial charge is 0.477 e. The molecule has 0 amide bonds. The molecule has 0 aliphatic carbocycles. The van der Waals surface area contributed by atoms with E-state index < -0.39 is 5.97 Å². The van der Waals surface area contributed by atoms with Crippen molar-refractivity contribution >= 4 is 38.9 Å². The third-order valence-corrected chi connectivity index (χ3v) is 4.31. The quantitative estimate of drug-likeness (QED) is 0.878. The zero-order chi connectivity index (χ0) is 13.4. The minimum atomic E-state index is -1.07. The molecule has 3 nitrogen and oxygen atoms in total. The van der Waals surface area contributed by atoms with Crippen molar-refractivity contribution in [1.29, 1.82) is 0 Å². The van der Waals surface area contributed by atoms with Crippen LogP contribution in [-0.2, 0) is 0 Å². The van der Waals surface area contributed by atoms with E-state index in [1.165, 1.54) is 12.1 Å². The normalized spacial score (nSPS) is 10.6. The van der Waals surface area contributed by atoms with Crippen molar-refractivity contribution in [3.05, 3.63) is 38.9 Å². The summed E-state index contributed by atoms with van der Waals surface area (Å²) in [5.74, 6) is -1.45. The number of anilines is 1. The zero-order valence-corrected chi connectivity index (χ0v) is 11.7. The fourth-order valence-corrected chi connectivity index (χ4v) is 3.16. The first-order valence-corrected chi connectivity index (χ1v) is 6.59. The number of thiophene rings is 1. The van der Waals surface area contributed by atoms with Gasteiger partial charge in [0.25, 0.3) is 0 Å². The minimum Gasteiger partial charge on any atom is -0.477 e. The molecule has 0 aliphatic rings. The minimum absolute atomic E-state index is 0.0860. The van der Waals surface area contributed by atoms with Gasteiger partial charge in [0.2, 0.25) is 0 Å². The molecular formula is C12H9BrFNO2S. The molecule has 0 spiro atoms. The number of benzene rings is 1. The highest BCUT2D eigenvalue weighted by atomic mass is 79.9. The Morgan fingerprint density at radius 3 is 2.61 bits per heavy atom. The lowest BCUT2D eigenvalue weighted by atomic mass is 10.1. The maximum atomic E-state index is 13.3. The van der Waals surface area contributed by atoms with E-state index >= 15 is 0 Å². The van der Waals surface area contributed by atoms with Crippen LogP contribution in [0.4, 0.5) is 10.1 Å². The zero-order valence-electron chi connectivity index (χ0n) is 9.33. The van der Waals surface area contributed by atoms with Gasteiger partial charge in [-0.1, -0.05) is 15.9 Å². The highest BCUT2D eigenvalue weighted by molar-refractivity contribution is 9.10. The van der Waals surface area contributed by atoms with Crippen LogP contribution < -0.4 is 5.73 Å². The predicted molar refractivity (Wildman–Crippen MR) is 73.5 cm³/mol. The van der Waals surface area contributed by atoms with E-state index in [1.54, 1.807) is 13.0 Å². The molecule has 0 radical (unpaired) electrons. The molecule has 0 aliphatic heterocycles. The monoisotopic (exact) mass is 329 g/mol. The van der Waals surface area contributed by atoms with Crippen molar-refractivity contribution in [3.8, 4) is 10.4 Å². The second-order valence-corrected chi connectivity index (χ2v) is 5.70. The third-order valence-electron chi connectivity index (χ3n) is 2.51. The summed E-state index contributed by atoms with van der Waals surface area (Å²) in [6, 6.07) is 4.43. The van der Waals surface area contributed by atoms with Crippen molar-refractivity contribution in [3.63, 3.8) is 0 Å². The van der Waals surface area contributed by atoms with Crippen molar-refractivity contribution in [2.75, 3.05) is 5.73 Å². The first-order valence-electron chi connectivity index (χ1n) is 4.98. The smallest absolute Gasteiger partial charge is 0.348 e. The Labute approximate surface area is 115 Å². The van der Waals surface area contributed by atoms with Crippen LogP contribution in [0.3, 0.4) is 0 Å². The van der Waals surface area contributed by atoms with Crippen molar-refractivity contribution in [2.45, 2.75) is 6.92 Å². The van der Waals surface area contributed by atoms with Gasteiger partial charge in [0.05, 0.1) is 5.69 Å². The van der Waals surface area contributed by atoms with Gasteiger partial charge >= 0.3 is 5.97 Å². The number of hydrogen-bond acceptors (Lipinski definition) is 3. The summed E-state index contributed by atoms with van der Waals surface area (Å²) in [5, 5.41) is 9.01. The molecule has 1 aromatic heterocycles. The van der Waals surface area contributed by atoms with Gasteiger partial charge in [-0.25, -0.2) is 9.18 Å².